The average molecular weight is 249 g/mol. The molecule has 0 unspecified atom stereocenters. The van der Waals surface area contributed by atoms with Gasteiger partial charge >= 0.3 is 5.69 Å². The summed E-state index contributed by atoms with van der Waals surface area (Å²) in [6.07, 6.45) is 2.44. The summed E-state index contributed by atoms with van der Waals surface area (Å²) in [5.41, 5.74) is 0.734. The van der Waals surface area contributed by atoms with E-state index in [-0.39, 0.29) is 11.5 Å². The SMILES string of the molecule is O=c1[nH]c2cccc(F)c2n1CCN1CCCC1. The summed E-state index contributed by atoms with van der Waals surface area (Å²) >= 11 is 0. The number of benzene rings is 1. The predicted octanol–water partition coefficient (Wildman–Crippen LogP) is 1.56. The lowest BCUT2D eigenvalue weighted by Gasteiger charge is -2.14. The minimum absolute atomic E-state index is 0.228. The van der Waals surface area contributed by atoms with Gasteiger partial charge in [0.2, 0.25) is 0 Å². The molecule has 5 heteroatoms. The lowest BCUT2D eigenvalue weighted by atomic mass is 10.3. The molecule has 3 rings (SSSR count). The Hall–Kier alpha value is -1.62. The molecule has 0 radical (unpaired) electrons. The van der Waals surface area contributed by atoms with Crippen LogP contribution in [0.25, 0.3) is 11.0 Å². The summed E-state index contributed by atoms with van der Waals surface area (Å²) in [6.45, 7) is 3.51. The van der Waals surface area contributed by atoms with Crippen LogP contribution < -0.4 is 5.69 Å². The number of halogens is 1. The van der Waals surface area contributed by atoms with Crippen molar-refractivity contribution in [3.05, 3.63) is 34.5 Å². The van der Waals surface area contributed by atoms with Gasteiger partial charge in [0.05, 0.1) is 5.52 Å². The number of hydrogen-bond acceptors (Lipinski definition) is 2. The Kier molecular flexibility index (Phi) is 2.91. The van der Waals surface area contributed by atoms with E-state index in [2.05, 4.69) is 9.88 Å². The van der Waals surface area contributed by atoms with Crippen LogP contribution in [0.15, 0.2) is 23.0 Å². The third-order valence-electron chi connectivity index (χ3n) is 3.58. The molecule has 1 aromatic heterocycles. The maximum atomic E-state index is 13.8. The lowest BCUT2D eigenvalue weighted by Crippen LogP contribution is -2.28. The molecule has 0 spiro atoms. The Morgan fingerprint density at radius 1 is 1.22 bits per heavy atom. The number of likely N-dealkylation sites (tertiary alicyclic amines) is 1. The molecule has 1 fully saturated rings. The maximum absolute atomic E-state index is 13.8. The Labute approximate surface area is 104 Å². The largest absolute Gasteiger partial charge is 0.326 e. The first-order chi connectivity index (χ1) is 8.75. The number of nitrogens with zero attached hydrogens (tertiary/aromatic N) is 2. The number of hydrogen-bond donors (Lipinski definition) is 1. The first-order valence-electron chi connectivity index (χ1n) is 6.35. The number of rotatable bonds is 3. The van der Waals surface area contributed by atoms with Crippen molar-refractivity contribution in [1.29, 1.82) is 0 Å². The van der Waals surface area contributed by atoms with Crippen molar-refractivity contribution < 1.29 is 4.39 Å². The number of fused-ring (bicyclic) bond motifs is 1. The molecule has 0 amide bonds. The van der Waals surface area contributed by atoms with Gasteiger partial charge in [-0.15, -0.1) is 0 Å². The topological polar surface area (TPSA) is 41.0 Å². The highest BCUT2D eigenvalue weighted by Gasteiger charge is 2.14. The zero-order chi connectivity index (χ0) is 12.5. The third kappa shape index (κ3) is 1.95. The highest BCUT2D eigenvalue weighted by atomic mass is 19.1. The van der Waals surface area contributed by atoms with E-state index in [1.807, 2.05) is 0 Å². The van der Waals surface area contributed by atoms with Gasteiger partial charge in [0.25, 0.3) is 0 Å². The van der Waals surface area contributed by atoms with E-state index in [1.54, 1.807) is 12.1 Å². The van der Waals surface area contributed by atoms with Crippen molar-refractivity contribution in [2.24, 2.45) is 0 Å². The van der Waals surface area contributed by atoms with Crippen molar-refractivity contribution in [3.63, 3.8) is 0 Å². The molecule has 0 aliphatic carbocycles. The van der Waals surface area contributed by atoms with E-state index >= 15 is 0 Å². The van der Waals surface area contributed by atoms with Gasteiger partial charge < -0.3 is 9.88 Å². The standard InChI is InChI=1S/C13H16FN3O/c14-10-4-3-5-11-12(10)17(13(18)15-11)9-8-16-6-1-2-7-16/h3-5H,1-2,6-9H2,(H,15,18). The number of H-pyrrole nitrogens is 1. The quantitative estimate of drug-likeness (QED) is 0.897. The summed E-state index contributed by atoms with van der Waals surface area (Å²) in [6, 6.07) is 4.73. The van der Waals surface area contributed by atoms with Gasteiger partial charge in [0.1, 0.15) is 11.3 Å². The van der Waals surface area contributed by atoms with Crippen LogP contribution in [-0.4, -0.2) is 34.1 Å². The van der Waals surface area contributed by atoms with Crippen LogP contribution in [-0.2, 0) is 6.54 Å². The molecule has 0 atom stereocenters. The van der Waals surface area contributed by atoms with Crippen LogP contribution in [0.5, 0.6) is 0 Å². The van der Waals surface area contributed by atoms with Gasteiger partial charge in [-0.3, -0.25) is 4.57 Å². The van der Waals surface area contributed by atoms with Crippen LogP contribution in [0.2, 0.25) is 0 Å². The lowest BCUT2D eigenvalue weighted by molar-refractivity contribution is 0.322. The van der Waals surface area contributed by atoms with E-state index in [4.69, 9.17) is 0 Å². The molecule has 18 heavy (non-hydrogen) atoms. The molecule has 1 saturated heterocycles. The Morgan fingerprint density at radius 3 is 2.78 bits per heavy atom. The number of imidazole rings is 1. The van der Waals surface area contributed by atoms with Gasteiger partial charge in [-0.2, -0.15) is 0 Å². The van der Waals surface area contributed by atoms with Crippen molar-refractivity contribution in [2.45, 2.75) is 19.4 Å². The summed E-state index contributed by atoms with van der Waals surface area (Å²) in [7, 11) is 0. The van der Waals surface area contributed by atoms with E-state index in [1.165, 1.54) is 23.5 Å². The number of para-hydroxylation sites is 1. The fraction of sp³-hybridized carbons (Fsp3) is 0.462. The van der Waals surface area contributed by atoms with Gasteiger partial charge in [-0.05, 0) is 38.1 Å². The molecule has 1 N–H and O–H groups in total. The summed E-state index contributed by atoms with van der Waals surface area (Å²) < 4.78 is 15.3. The second kappa shape index (κ2) is 4.57. The molecular weight excluding hydrogens is 233 g/mol. The first-order valence-corrected chi connectivity index (χ1v) is 6.35. The molecule has 4 nitrogen and oxygen atoms in total. The van der Waals surface area contributed by atoms with E-state index < -0.39 is 0 Å². The van der Waals surface area contributed by atoms with E-state index in [9.17, 15) is 9.18 Å². The Balaban J connectivity index is 1.90. The minimum atomic E-state index is -0.340. The average Bonchev–Trinajstić information content (AvgIpc) is 2.94. The molecule has 2 heterocycles. The van der Waals surface area contributed by atoms with Crippen LogP contribution in [0, 0.1) is 5.82 Å². The molecule has 1 aliphatic heterocycles. The van der Waals surface area contributed by atoms with Gasteiger partial charge in [0, 0.05) is 13.1 Å². The fourth-order valence-electron chi connectivity index (χ4n) is 2.64. The van der Waals surface area contributed by atoms with Gasteiger partial charge in [-0.1, -0.05) is 6.07 Å². The van der Waals surface area contributed by atoms with Crippen molar-refractivity contribution in [1.82, 2.24) is 14.5 Å². The number of nitrogens with one attached hydrogen (secondary N) is 1. The van der Waals surface area contributed by atoms with Crippen LogP contribution in [0.3, 0.4) is 0 Å². The summed E-state index contributed by atoms with van der Waals surface area (Å²) in [5, 5.41) is 0. The number of aromatic nitrogens is 2. The summed E-state index contributed by atoms with van der Waals surface area (Å²) in [4.78, 5) is 16.8. The van der Waals surface area contributed by atoms with Crippen LogP contribution in [0.1, 0.15) is 12.8 Å². The van der Waals surface area contributed by atoms with Gasteiger partial charge in [0.15, 0.2) is 0 Å². The fourth-order valence-corrected chi connectivity index (χ4v) is 2.64. The molecule has 96 valence electrons. The normalized spacial score (nSPS) is 16.7. The Morgan fingerprint density at radius 2 is 2.00 bits per heavy atom. The van der Waals surface area contributed by atoms with Crippen molar-refractivity contribution in [2.75, 3.05) is 19.6 Å². The molecular formula is C13H16FN3O. The molecule has 1 aromatic carbocycles. The predicted molar refractivity (Wildman–Crippen MR) is 68.2 cm³/mol. The molecule has 1 aliphatic rings. The highest BCUT2D eigenvalue weighted by molar-refractivity contribution is 5.75. The van der Waals surface area contributed by atoms with Crippen molar-refractivity contribution in [3.8, 4) is 0 Å². The molecule has 0 bridgehead atoms. The third-order valence-corrected chi connectivity index (χ3v) is 3.58. The van der Waals surface area contributed by atoms with Crippen molar-refractivity contribution >= 4 is 11.0 Å². The summed E-state index contributed by atoms with van der Waals surface area (Å²) in [5.74, 6) is -0.340. The van der Waals surface area contributed by atoms with E-state index in [0.29, 0.717) is 17.6 Å². The zero-order valence-corrected chi connectivity index (χ0v) is 10.2. The molecule has 0 saturated carbocycles. The minimum Gasteiger partial charge on any atom is -0.305 e. The van der Waals surface area contributed by atoms with E-state index in [0.717, 1.165) is 19.6 Å². The Bertz CT molecular complexity index is 610. The first kappa shape index (κ1) is 11.5. The van der Waals surface area contributed by atoms with Gasteiger partial charge in [-0.25, -0.2) is 9.18 Å². The smallest absolute Gasteiger partial charge is 0.305 e. The maximum Gasteiger partial charge on any atom is 0.326 e. The monoisotopic (exact) mass is 249 g/mol. The number of aromatic amines is 1. The highest BCUT2D eigenvalue weighted by Crippen LogP contribution is 2.14. The molecule has 2 aromatic rings. The van der Waals surface area contributed by atoms with Crippen LogP contribution >= 0.6 is 0 Å². The van der Waals surface area contributed by atoms with Crippen LogP contribution in [0.4, 0.5) is 4.39 Å². The second-order valence-electron chi connectivity index (χ2n) is 4.77. The second-order valence-corrected chi connectivity index (χ2v) is 4.77. The zero-order valence-electron chi connectivity index (χ0n) is 10.2.